The highest BCUT2D eigenvalue weighted by Gasteiger charge is 2.19. The predicted octanol–water partition coefficient (Wildman–Crippen LogP) is 2.58. The average Bonchev–Trinajstić information content (AvgIpc) is 3.26. The molecule has 154 valence electrons. The summed E-state index contributed by atoms with van der Waals surface area (Å²) in [6.45, 7) is 0.390. The van der Waals surface area contributed by atoms with Gasteiger partial charge >= 0.3 is 11.9 Å². The van der Waals surface area contributed by atoms with E-state index in [-0.39, 0.29) is 11.9 Å². The first-order chi connectivity index (χ1) is 14.0. The van der Waals surface area contributed by atoms with Gasteiger partial charge in [-0.2, -0.15) is 0 Å². The van der Waals surface area contributed by atoms with Gasteiger partial charge in [0.2, 0.25) is 5.91 Å². The smallest absolute Gasteiger partial charge is 0.414 e. The van der Waals surface area contributed by atoms with Crippen molar-refractivity contribution in [2.75, 3.05) is 6.54 Å². The second kappa shape index (κ2) is 11.6. The van der Waals surface area contributed by atoms with E-state index in [4.69, 9.17) is 19.8 Å². The van der Waals surface area contributed by atoms with Crippen LogP contribution in [0.5, 0.6) is 0 Å². The fourth-order valence-electron chi connectivity index (χ4n) is 3.23. The van der Waals surface area contributed by atoms with Crippen molar-refractivity contribution in [2.45, 2.75) is 37.8 Å². The summed E-state index contributed by atoms with van der Waals surface area (Å²) in [5.41, 5.74) is 2.21. The molecule has 1 aliphatic rings. The van der Waals surface area contributed by atoms with Crippen LogP contribution in [0, 0.1) is 0 Å². The molecule has 2 aromatic rings. The van der Waals surface area contributed by atoms with Crippen molar-refractivity contribution in [1.29, 1.82) is 0 Å². The van der Waals surface area contributed by atoms with Gasteiger partial charge in [0, 0.05) is 6.04 Å². The Hall–Kier alpha value is -3.19. The monoisotopic (exact) mass is 398 g/mol. The van der Waals surface area contributed by atoms with E-state index >= 15 is 0 Å². The first-order valence-electron chi connectivity index (χ1n) is 9.56. The molecule has 0 heterocycles. The number of carbonyl (C=O) groups is 3. The first-order valence-corrected chi connectivity index (χ1v) is 9.56. The zero-order valence-corrected chi connectivity index (χ0v) is 16.1. The molecule has 0 aromatic heterocycles. The number of carboxylic acid groups (broad SMARTS) is 2. The van der Waals surface area contributed by atoms with Crippen molar-refractivity contribution in [3.05, 3.63) is 71.8 Å². The minimum absolute atomic E-state index is 0.0506. The summed E-state index contributed by atoms with van der Waals surface area (Å²) in [5, 5.41) is 21.3. The number of hydrogen-bond acceptors (Lipinski definition) is 4. The summed E-state index contributed by atoms with van der Waals surface area (Å²) < 4.78 is 0. The predicted molar refractivity (Wildman–Crippen MR) is 108 cm³/mol. The standard InChI is InChI=1S/C20H24N2O.C2H2O4/c23-19(15-21-18-13-7-8-14-18)22-20(16-9-3-1-4-10-16)17-11-5-2-6-12-17;3-1(4)2(5)6/h1-6,9-12,18,20-21H,7-8,13-15H2,(H,22,23);(H,3,4)(H,5,6). The lowest BCUT2D eigenvalue weighted by atomic mass is 9.99. The minimum atomic E-state index is -1.82. The molecular weight excluding hydrogens is 372 g/mol. The van der Waals surface area contributed by atoms with E-state index in [0.717, 1.165) is 11.1 Å². The highest BCUT2D eigenvalue weighted by Crippen LogP contribution is 2.21. The zero-order chi connectivity index (χ0) is 21.1. The number of benzene rings is 2. The molecule has 4 N–H and O–H groups in total. The molecule has 0 aliphatic heterocycles. The van der Waals surface area contributed by atoms with Gasteiger partial charge in [0.1, 0.15) is 0 Å². The summed E-state index contributed by atoms with van der Waals surface area (Å²) in [7, 11) is 0. The van der Waals surface area contributed by atoms with Gasteiger partial charge in [-0.25, -0.2) is 9.59 Å². The molecule has 29 heavy (non-hydrogen) atoms. The fourth-order valence-corrected chi connectivity index (χ4v) is 3.23. The molecule has 0 bridgehead atoms. The van der Waals surface area contributed by atoms with Gasteiger partial charge < -0.3 is 20.8 Å². The lowest BCUT2D eigenvalue weighted by Crippen LogP contribution is -2.39. The largest absolute Gasteiger partial charge is 0.473 e. The van der Waals surface area contributed by atoms with Crippen molar-refractivity contribution < 1.29 is 24.6 Å². The maximum Gasteiger partial charge on any atom is 0.414 e. The Morgan fingerprint density at radius 1 is 0.828 bits per heavy atom. The zero-order valence-electron chi connectivity index (χ0n) is 16.1. The van der Waals surface area contributed by atoms with Crippen LogP contribution >= 0.6 is 0 Å². The lowest BCUT2D eigenvalue weighted by molar-refractivity contribution is -0.159. The fraction of sp³-hybridized carbons (Fsp3) is 0.318. The van der Waals surface area contributed by atoms with Crippen LogP contribution in [0.2, 0.25) is 0 Å². The SMILES string of the molecule is O=C(CNC1CCCC1)NC(c1ccccc1)c1ccccc1.O=C(O)C(=O)O. The van der Waals surface area contributed by atoms with Crippen molar-refractivity contribution in [1.82, 2.24) is 10.6 Å². The van der Waals surface area contributed by atoms with Crippen molar-refractivity contribution in [3.8, 4) is 0 Å². The van der Waals surface area contributed by atoms with Crippen LogP contribution < -0.4 is 10.6 Å². The van der Waals surface area contributed by atoms with Gasteiger partial charge in [-0.3, -0.25) is 4.79 Å². The molecule has 1 amide bonds. The highest BCUT2D eigenvalue weighted by molar-refractivity contribution is 6.27. The molecule has 1 fully saturated rings. The Kier molecular flexibility index (Phi) is 8.85. The maximum atomic E-state index is 12.4. The molecule has 2 aromatic carbocycles. The quantitative estimate of drug-likeness (QED) is 0.556. The van der Waals surface area contributed by atoms with Gasteiger partial charge in [0.15, 0.2) is 0 Å². The van der Waals surface area contributed by atoms with Crippen molar-refractivity contribution in [2.24, 2.45) is 0 Å². The average molecular weight is 398 g/mol. The lowest BCUT2D eigenvalue weighted by Gasteiger charge is -2.21. The second-order valence-electron chi connectivity index (χ2n) is 6.79. The molecule has 0 unspecified atom stereocenters. The van der Waals surface area contributed by atoms with Crippen molar-refractivity contribution >= 4 is 17.8 Å². The Balaban J connectivity index is 0.000000438. The Labute approximate surface area is 169 Å². The van der Waals surface area contributed by atoms with Crippen LogP contribution in [0.25, 0.3) is 0 Å². The van der Waals surface area contributed by atoms with Crippen LogP contribution in [-0.2, 0) is 14.4 Å². The number of nitrogens with one attached hydrogen (secondary N) is 2. The topological polar surface area (TPSA) is 116 Å². The van der Waals surface area contributed by atoms with Gasteiger partial charge in [0.05, 0.1) is 12.6 Å². The summed E-state index contributed by atoms with van der Waals surface area (Å²) in [6, 6.07) is 20.7. The molecule has 7 nitrogen and oxygen atoms in total. The van der Waals surface area contributed by atoms with E-state index in [1.165, 1.54) is 25.7 Å². The normalized spacial score (nSPS) is 13.4. The van der Waals surface area contributed by atoms with Crippen LogP contribution in [-0.4, -0.2) is 40.6 Å². The van der Waals surface area contributed by atoms with E-state index in [1.807, 2.05) is 36.4 Å². The molecule has 7 heteroatoms. The molecular formula is C22H26N2O5. The number of carboxylic acids is 2. The third kappa shape index (κ3) is 7.75. The Morgan fingerprint density at radius 3 is 1.69 bits per heavy atom. The van der Waals surface area contributed by atoms with Crippen LogP contribution in [0.3, 0.4) is 0 Å². The highest BCUT2D eigenvalue weighted by atomic mass is 16.4. The Bertz CT molecular complexity index is 738. The van der Waals surface area contributed by atoms with Crippen LogP contribution in [0.15, 0.2) is 60.7 Å². The van der Waals surface area contributed by atoms with E-state index in [2.05, 4.69) is 34.9 Å². The van der Waals surface area contributed by atoms with E-state index in [0.29, 0.717) is 12.6 Å². The summed E-state index contributed by atoms with van der Waals surface area (Å²) in [5.74, 6) is -3.60. The van der Waals surface area contributed by atoms with Gasteiger partial charge in [-0.15, -0.1) is 0 Å². The molecule has 1 aliphatic carbocycles. The molecule has 0 saturated heterocycles. The molecule has 0 radical (unpaired) electrons. The molecule has 1 saturated carbocycles. The number of rotatable bonds is 6. The maximum absolute atomic E-state index is 12.4. The summed E-state index contributed by atoms with van der Waals surface area (Å²) >= 11 is 0. The minimum Gasteiger partial charge on any atom is -0.473 e. The second-order valence-corrected chi connectivity index (χ2v) is 6.79. The third-order valence-corrected chi connectivity index (χ3v) is 4.66. The third-order valence-electron chi connectivity index (χ3n) is 4.66. The van der Waals surface area contributed by atoms with E-state index < -0.39 is 11.9 Å². The Morgan fingerprint density at radius 2 is 1.28 bits per heavy atom. The van der Waals surface area contributed by atoms with Crippen LogP contribution in [0.4, 0.5) is 0 Å². The molecule has 3 rings (SSSR count). The summed E-state index contributed by atoms with van der Waals surface area (Å²) in [6.07, 6.45) is 4.92. The van der Waals surface area contributed by atoms with Gasteiger partial charge in [-0.1, -0.05) is 73.5 Å². The van der Waals surface area contributed by atoms with E-state index in [1.54, 1.807) is 0 Å². The van der Waals surface area contributed by atoms with Gasteiger partial charge in [0.25, 0.3) is 0 Å². The number of aliphatic carboxylic acids is 2. The molecule has 0 spiro atoms. The van der Waals surface area contributed by atoms with Gasteiger partial charge in [-0.05, 0) is 24.0 Å². The molecule has 0 atom stereocenters. The first kappa shape index (κ1) is 22.1. The van der Waals surface area contributed by atoms with E-state index in [9.17, 15) is 4.79 Å². The van der Waals surface area contributed by atoms with Crippen molar-refractivity contribution in [3.63, 3.8) is 0 Å². The van der Waals surface area contributed by atoms with Crippen LogP contribution in [0.1, 0.15) is 42.9 Å². The number of hydrogen-bond donors (Lipinski definition) is 4. The summed E-state index contributed by atoms with van der Waals surface area (Å²) in [4.78, 5) is 30.6. The number of carbonyl (C=O) groups excluding carboxylic acids is 1. The number of amides is 1.